The lowest BCUT2D eigenvalue weighted by molar-refractivity contribution is 0.553. The molecule has 0 atom stereocenters. The van der Waals surface area contributed by atoms with Gasteiger partial charge in [0, 0.05) is 17.3 Å². The van der Waals surface area contributed by atoms with E-state index in [0.717, 1.165) is 0 Å². The third-order valence-electron chi connectivity index (χ3n) is 2.94. The molecule has 0 saturated carbocycles. The van der Waals surface area contributed by atoms with Gasteiger partial charge in [0.15, 0.2) is 0 Å². The van der Waals surface area contributed by atoms with E-state index >= 15 is 0 Å². The summed E-state index contributed by atoms with van der Waals surface area (Å²) < 4.78 is 0. The molecule has 1 rings (SSSR count). The maximum absolute atomic E-state index is 4.69. The third-order valence-corrected chi connectivity index (χ3v) is 2.94. The van der Waals surface area contributed by atoms with Crippen LogP contribution in [0.2, 0.25) is 0 Å². The Morgan fingerprint density at radius 1 is 1.00 bits per heavy atom. The Kier molecular flexibility index (Phi) is 3.77. The summed E-state index contributed by atoms with van der Waals surface area (Å²) in [6.07, 6.45) is 2.04. The minimum Gasteiger partial charge on any atom is -0.260 e. The molecule has 0 unspecified atom stereocenters. The quantitative estimate of drug-likeness (QED) is 0.707. The van der Waals surface area contributed by atoms with Crippen LogP contribution in [-0.2, 0) is 5.41 Å². The molecule has 90 valence electrons. The van der Waals surface area contributed by atoms with E-state index in [0.29, 0.717) is 11.8 Å². The number of aromatic nitrogens is 1. The van der Waals surface area contributed by atoms with Gasteiger partial charge in [-0.2, -0.15) is 0 Å². The molecular formula is C15H25N. The summed E-state index contributed by atoms with van der Waals surface area (Å²) in [6.45, 7) is 15.6. The standard InChI is InChI=1S/C15H25N/c1-10(2)12-8-13(11(3)4)14(16-9-12)15(5,6)7/h8-11H,1-7H3. The van der Waals surface area contributed by atoms with Crippen LogP contribution < -0.4 is 0 Å². The lowest BCUT2D eigenvalue weighted by atomic mass is 9.84. The maximum Gasteiger partial charge on any atom is 0.0491 e. The van der Waals surface area contributed by atoms with Crippen molar-refractivity contribution in [2.45, 2.75) is 65.7 Å². The molecule has 1 nitrogen and oxygen atoms in total. The molecule has 0 bridgehead atoms. The van der Waals surface area contributed by atoms with Crippen LogP contribution in [0.4, 0.5) is 0 Å². The van der Waals surface area contributed by atoms with E-state index < -0.39 is 0 Å². The molecule has 16 heavy (non-hydrogen) atoms. The first-order valence-corrected chi connectivity index (χ1v) is 6.23. The van der Waals surface area contributed by atoms with Crippen molar-refractivity contribution < 1.29 is 0 Å². The Morgan fingerprint density at radius 3 is 1.94 bits per heavy atom. The first-order valence-electron chi connectivity index (χ1n) is 6.23. The first kappa shape index (κ1) is 13.2. The van der Waals surface area contributed by atoms with E-state index in [1.807, 2.05) is 6.20 Å². The molecule has 0 aliphatic heterocycles. The van der Waals surface area contributed by atoms with Crippen LogP contribution in [0.3, 0.4) is 0 Å². The van der Waals surface area contributed by atoms with Gasteiger partial charge in [-0.1, -0.05) is 54.5 Å². The molecule has 0 aliphatic rings. The van der Waals surface area contributed by atoms with Gasteiger partial charge in [0.1, 0.15) is 0 Å². The van der Waals surface area contributed by atoms with Gasteiger partial charge in [0.2, 0.25) is 0 Å². The maximum atomic E-state index is 4.69. The molecule has 0 saturated heterocycles. The predicted octanol–water partition coefficient (Wildman–Crippen LogP) is 4.63. The Labute approximate surface area is 100 Å². The van der Waals surface area contributed by atoms with Gasteiger partial charge in [0.25, 0.3) is 0 Å². The van der Waals surface area contributed by atoms with E-state index in [1.165, 1.54) is 16.8 Å². The molecule has 1 heterocycles. The zero-order valence-electron chi connectivity index (χ0n) is 11.8. The fourth-order valence-corrected chi connectivity index (χ4v) is 1.88. The van der Waals surface area contributed by atoms with Crippen molar-refractivity contribution >= 4 is 0 Å². The second kappa shape index (κ2) is 4.57. The molecule has 0 aromatic carbocycles. The van der Waals surface area contributed by atoms with Gasteiger partial charge >= 0.3 is 0 Å². The SMILES string of the molecule is CC(C)c1cnc(C(C)(C)C)c(C(C)C)c1. The highest BCUT2D eigenvalue weighted by atomic mass is 14.7. The Balaban J connectivity index is 3.31. The summed E-state index contributed by atoms with van der Waals surface area (Å²) in [5, 5.41) is 0. The van der Waals surface area contributed by atoms with Gasteiger partial charge in [-0.05, 0) is 23.0 Å². The van der Waals surface area contributed by atoms with Crippen molar-refractivity contribution in [3.63, 3.8) is 0 Å². The van der Waals surface area contributed by atoms with Gasteiger partial charge in [-0.3, -0.25) is 4.98 Å². The van der Waals surface area contributed by atoms with E-state index in [4.69, 9.17) is 4.98 Å². The lowest BCUT2D eigenvalue weighted by Gasteiger charge is -2.24. The molecule has 1 heteroatoms. The predicted molar refractivity (Wildman–Crippen MR) is 71.1 cm³/mol. The van der Waals surface area contributed by atoms with Crippen molar-refractivity contribution in [1.82, 2.24) is 4.98 Å². The minimum absolute atomic E-state index is 0.134. The Hall–Kier alpha value is -0.850. The molecular weight excluding hydrogens is 194 g/mol. The van der Waals surface area contributed by atoms with E-state index in [-0.39, 0.29) is 5.41 Å². The van der Waals surface area contributed by atoms with E-state index in [2.05, 4.69) is 54.5 Å². The van der Waals surface area contributed by atoms with Crippen LogP contribution in [0.25, 0.3) is 0 Å². The largest absolute Gasteiger partial charge is 0.260 e. The summed E-state index contributed by atoms with van der Waals surface area (Å²) in [6, 6.07) is 2.34. The number of hydrogen-bond donors (Lipinski definition) is 0. The number of hydrogen-bond acceptors (Lipinski definition) is 1. The molecule has 0 amide bonds. The third kappa shape index (κ3) is 2.84. The van der Waals surface area contributed by atoms with Crippen LogP contribution in [-0.4, -0.2) is 4.98 Å². The zero-order valence-corrected chi connectivity index (χ0v) is 11.8. The van der Waals surface area contributed by atoms with Crippen molar-refractivity contribution in [1.29, 1.82) is 0 Å². The van der Waals surface area contributed by atoms with Crippen LogP contribution in [0.5, 0.6) is 0 Å². The van der Waals surface area contributed by atoms with Crippen LogP contribution in [0, 0.1) is 0 Å². The lowest BCUT2D eigenvalue weighted by Crippen LogP contribution is -2.17. The number of pyridine rings is 1. The molecule has 1 aromatic heterocycles. The summed E-state index contributed by atoms with van der Waals surface area (Å²) in [4.78, 5) is 4.69. The van der Waals surface area contributed by atoms with Crippen LogP contribution in [0.15, 0.2) is 12.3 Å². The van der Waals surface area contributed by atoms with Gasteiger partial charge < -0.3 is 0 Å². The van der Waals surface area contributed by atoms with Crippen molar-refractivity contribution in [2.24, 2.45) is 0 Å². The Bertz CT molecular complexity index is 356. The molecule has 0 aliphatic carbocycles. The van der Waals surface area contributed by atoms with Crippen LogP contribution in [0.1, 0.15) is 77.1 Å². The number of nitrogens with zero attached hydrogens (tertiary/aromatic N) is 1. The fraction of sp³-hybridized carbons (Fsp3) is 0.667. The second-order valence-electron chi connectivity index (χ2n) is 6.27. The minimum atomic E-state index is 0.134. The second-order valence-corrected chi connectivity index (χ2v) is 6.27. The van der Waals surface area contributed by atoms with Crippen molar-refractivity contribution in [2.75, 3.05) is 0 Å². The first-order chi connectivity index (χ1) is 7.23. The highest BCUT2D eigenvalue weighted by Crippen LogP contribution is 2.30. The highest BCUT2D eigenvalue weighted by molar-refractivity contribution is 5.33. The monoisotopic (exact) mass is 219 g/mol. The molecule has 0 fully saturated rings. The van der Waals surface area contributed by atoms with Crippen molar-refractivity contribution in [3.8, 4) is 0 Å². The molecule has 0 N–H and O–H groups in total. The molecule has 0 radical (unpaired) electrons. The summed E-state index contributed by atoms with van der Waals surface area (Å²) in [7, 11) is 0. The highest BCUT2D eigenvalue weighted by Gasteiger charge is 2.21. The van der Waals surface area contributed by atoms with Crippen molar-refractivity contribution in [3.05, 3.63) is 29.1 Å². The summed E-state index contributed by atoms with van der Waals surface area (Å²) in [5.41, 5.74) is 4.12. The van der Waals surface area contributed by atoms with E-state index in [1.54, 1.807) is 0 Å². The average molecular weight is 219 g/mol. The van der Waals surface area contributed by atoms with Crippen LogP contribution >= 0.6 is 0 Å². The summed E-state index contributed by atoms with van der Waals surface area (Å²) >= 11 is 0. The number of rotatable bonds is 2. The van der Waals surface area contributed by atoms with Gasteiger partial charge in [-0.15, -0.1) is 0 Å². The summed E-state index contributed by atoms with van der Waals surface area (Å²) in [5.74, 6) is 1.10. The van der Waals surface area contributed by atoms with Gasteiger partial charge in [-0.25, -0.2) is 0 Å². The van der Waals surface area contributed by atoms with Gasteiger partial charge in [0.05, 0.1) is 0 Å². The zero-order chi connectivity index (χ0) is 12.5. The van der Waals surface area contributed by atoms with E-state index in [9.17, 15) is 0 Å². The molecule has 0 spiro atoms. The molecule has 1 aromatic rings. The smallest absolute Gasteiger partial charge is 0.0491 e. The average Bonchev–Trinajstić information content (AvgIpc) is 2.15. The fourth-order valence-electron chi connectivity index (χ4n) is 1.88. The normalized spacial score (nSPS) is 12.6. The Morgan fingerprint density at radius 2 is 1.56 bits per heavy atom. The topological polar surface area (TPSA) is 12.9 Å².